The van der Waals surface area contributed by atoms with Crippen molar-refractivity contribution in [1.82, 2.24) is 9.62 Å². The quantitative estimate of drug-likeness (QED) is 0.758. The summed E-state index contributed by atoms with van der Waals surface area (Å²) in [6.45, 7) is 3.48. The fourth-order valence-corrected chi connectivity index (χ4v) is 3.37. The summed E-state index contributed by atoms with van der Waals surface area (Å²) in [7, 11) is -2.02. The number of sulfonamides is 1. The Balaban J connectivity index is 1.88. The van der Waals surface area contributed by atoms with E-state index in [2.05, 4.69) is 4.72 Å². The minimum atomic E-state index is -3.56. The monoisotopic (exact) mass is 328 g/mol. The van der Waals surface area contributed by atoms with Crippen molar-refractivity contribution in [1.29, 1.82) is 0 Å². The molecule has 1 heterocycles. The molecule has 1 aromatic rings. The van der Waals surface area contributed by atoms with Crippen LogP contribution in [0.25, 0.3) is 0 Å². The number of cyclic esters (lactones) is 1. The van der Waals surface area contributed by atoms with E-state index in [0.717, 1.165) is 5.56 Å². The van der Waals surface area contributed by atoms with Crippen LogP contribution in [0.5, 0.6) is 5.75 Å². The van der Waals surface area contributed by atoms with E-state index in [1.165, 1.54) is 13.2 Å². The number of amides is 1. The van der Waals surface area contributed by atoms with Crippen molar-refractivity contribution in [2.24, 2.45) is 0 Å². The third-order valence-corrected chi connectivity index (χ3v) is 4.88. The van der Waals surface area contributed by atoms with E-state index < -0.39 is 10.0 Å². The smallest absolute Gasteiger partial charge is 0.409 e. The van der Waals surface area contributed by atoms with Crippen molar-refractivity contribution in [3.05, 3.63) is 23.8 Å². The number of rotatable bonds is 7. The number of benzene rings is 1. The molecule has 1 amide bonds. The molecule has 0 spiro atoms. The normalized spacial score (nSPS) is 15.0. The average Bonchev–Trinajstić information content (AvgIpc) is 2.89. The standard InChI is InChI=1S/C14H20N2O5S/c1-11-10-12(4-5-13(11)20-2)22(18,19)15-6-3-7-16-8-9-21-14(16)17/h4-5,10,15H,3,6-9H2,1-2H3. The molecule has 0 bridgehead atoms. The van der Waals surface area contributed by atoms with Gasteiger partial charge in [0, 0.05) is 13.1 Å². The Labute approximate surface area is 130 Å². The lowest BCUT2D eigenvalue weighted by Gasteiger charge is -2.13. The molecule has 0 atom stereocenters. The highest BCUT2D eigenvalue weighted by Crippen LogP contribution is 2.21. The number of hydrogen-bond donors (Lipinski definition) is 1. The first-order chi connectivity index (χ1) is 10.4. The molecule has 1 saturated heterocycles. The molecule has 1 aliphatic heterocycles. The molecule has 0 saturated carbocycles. The van der Waals surface area contributed by atoms with Gasteiger partial charge in [-0.05, 0) is 37.1 Å². The molecule has 0 aromatic heterocycles. The highest BCUT2D eigenvalue weighted by molar-refractivity contribution is 7.89. The largest absolute Gasteiger partial charge is 0.496 e. The lowest BCUT2D eigenvalue weighted by atomic mass is 10.2. The first-order valence-electron chi connectivity index (χ1n) is 7.00. The second kappa shape index (κ2) is 6.97. The van der Waals surface area contributed by atoms with Gasteiger partial charge in [-0.1, -0.05) is 0 Å². The molecule has 8 heteroatoms. The highest BCUT2D eigenvalue weighted by atomic mass is 32.2. The van der Waals surface area contributed by atoms with Crippen LogP contribution in [-0.2, 0) is 14.8 Å². The van der Waals surface area contributed by atoms with Crippen LogP contribution in [0.15, 0.2) is 23.1 Å². The maximum atomic E-state index is 12.2. The van der Waals surface area contributed by atoms with Gasteiger partial charge in [0.2, 0.25) is 10.0 Å². The maximum absolute atomic E-state index is 12.2. The summed E-state index contributed by atoms with van der Waals surface area (Å²) in [5.41, 5.74) is 0.755. The van der Waals surface area contributed by atoms with E-state index in [0.29, 0.717) is 31.9 Å². The Morgan fingerprint density at radius 2 is 2.18 bits per heavy atom. The van der Waals surface area contributed by atoms with Gasteiger partial charge in [-0.15, -0.1) is 0 Å². The molecular formula is C14H20N2O5S. The van der Waals surface area contributed by atoms with Gasteiger partial charge in [-0.3, -0.25) is 0 Å². The minimum absolute atomic E-state index is 0.200. The summed E-state index contributed by atoms with van der Waals surface area (Å²) >= 11 is 0. The Hall–Kier alpha value is -1.80. The van der Waals surface area contributed by atoms with Crippen LogP contribution in [0.3, 0.4) is 0 Å². The van der Waals surface area contributed by atoms with E-state index in [4.69, 9.17) is 9.47 Å². The zero-order chi connectivity index (χ0) is 16.2. The minimum Gasteiger partial charge on any atom is -0.496 e. The van der Waals surface area contributed by atoms with Gasteiger partial charge >= 0.3 is 6.09 Å². The molecule has 1 fully saturated rings. The number of aryl methyl sites for hydroxylation is 1. The van der Waals surface area contributed by atoms with E-state index in [1.54, 1.807) is 24.0 Å². The number of nitrogens with one attached hydrogen (secondary N) is 1. The van der Waals surface area contributed by atoms with E-state index in [9.17, 15) is 13.2 Å². The third kappa shape index (κ3) is 3.89. The fourth-order valence-electron chi connectivity index (χ4n) is 2.21. The molecule has 2 rings (SSSR count). The molecule has 1 N–H and O–H groups in total. The van der Waals surface area contributed by atoms with Crippen molar-refractivity contribution < 1.29 is 22.7 Å². The summed E-state index contributed by atoms with van der Waals surface area (Å²) in [4.78, 5) is 13.0. The molecule has 0 aliphatic carbocycles. The number of ether oxygens (including phenoxy) is 2. The SMILES string of the molecule is COc1ccc(S(=O)(=O)NCCCN2CCOC2=O)cc1C. The van der Waals surface area contributed by atoms with Crippen LogP contribution in [0.4, 0.5) is 4.79 Å². The number of hydrogen-bond acceptors (Lipinski definition) is 5. The molecule has 7 nitrogen and oxygen atoms in total. The molecule has 1 aromatic carbocycles. The maximum Gasteiger partial charge on any atom is 0.409 e. The molecule has 1 aliphatic rings. The number of nitrogens with zero attached hydrogens (tertiary/aromatic N) is 1. The van der Waals surface area contributed by atoms with Crippen LogP contribution in [0.2, 0.25) is 0 Å². The van der Waals surface area contributed by atoms with Gasteiger partial charge < -0.3 is 14.4 Å². The van der Waals surface area contributed by atoms with Crippen LogP contribution < -0.4 is 9.46 Å². The summed E-state index contributed by atoms with van der Waals surface area (Å²) in [5, 5.41) is 0. The summed E-state index contributed by atoms with van der Waals surface area (Å²) in [6.07, 6.45) is 0.192. The van der Waals surface area contributed by atoms with Crippen molar-refractivity contribution in [3.63, 3.8) is 0 Å². The number of carbonyl (C=O) groups is 1. The third-order valence-electron chi connectivity index (χ3n) is 3.42. The Morgan fingerprint density at radius 3 is 2.77 bits per heavy atom. The van der Waals surface area contributed by atoms with Crippen molar-refractivity contribution in [2.75, 3.05) is 33.4 Å². The Bertz CT molecular complexity index is 645. The van der Waals surface area contributed by atoms with Crippen LogP contribution in [-0.4, -0.2) is 52.8 Å². The van der Waals surface area contributed by atoms with Crippen LogP contribution in [0, 0.1) is 6.92 Å². The number of carbonyl (C=O) groups excluding carboxylic acids is 1. The summed E-state index contributed by atoms with van der Waals surface area (Å²) in [5.74, 6) is 0.645. The van der Waals surface area contributed by atoms with Gasteiger partial charge in [0.25, 0.3) is 0 Å². The van der Waals surface area contributed by atoms with E-state index in [1.807, 2.05) is 0 Å². The van der Waals surface area contributed by atoms with Crippen molar-refractivity contribution in [2.45, 2.75) is 18.2 Å². The zero-order valence-corrected chi connectivity index (χ0v) is 13.5. The van der Waals surface area contributed by atoms with Crippen LogP contribution >= 0.6 is 0 Å². The van der Waals surface area contributed by atoms with Gasteiger partial charge in [0.1, 0.15) is 12.4 Å². The molecular weight excluding hydrogens is 308 g/mol. The zero-order valence-electron chi connectivity index (χ0n) is 12.7. The first-order valence-corrected chi connectivity index (χ1v) is 8.48. The molecule has 22 heavy (non-hydrogen) atoms. The molecule has 0 radical (unpaired) electrons. The Morgan fingerprint density at radius 1 is 1.41 bits per heavy atom. The predicted octanol–water partition coefficient (Wildman–Crippen LogP) is 1.12. The topological polar surface area (TPSA) is 84.9 Å². The lowest BCUT2D eigenvalue weighted by Crippen LogP contribution is -2.30. The second-order valence-corrected chi connectivity index (χ2v) is 6.75. The fraction of sp³-hybridized carbons (Fsp3) is 0.500. The van der Waals surface area contributed by atoms with Gasteiger partial charge in [-0.25, -0.2) is 17.9 Å². The average molecular weight is 328 g/mol. The van der Waals surface area contributed by atoms with Crippen molar-refractivity contribution in [3.8, 4) is 5.75 Å². The first kappa shape index (κ1) is 16.6. The van der Waals surface area contributed by atoms with Crippen molar-refractivity contribution >= 4 is 16.1 Å². The Kier molecular flexibility index (Phi) is 5.25. The number of methoxy groups -OCH3 is 1. The van der Waals surface area contributed by atoms with E-state index >= 15 is 0 Å². The summed E-state index contributed by atoms with van der Waals surface area (Å²) in [6, 6.07) is 4.70. The van der Waals surface area contributed by atoms with Crippen LogP contribution in [0.1, 0.15) is 12.0 Å². The lowest BCUT2D eigenvalue weighted by molar-refractivity contribution is 0.158. The van der Waals surface area contributed by atoms with Gasteiger partial charge in [0.05, 0.1) is 18.6 Å². The highest BCUT2D eigenvalue weighted by Gasteiger charge is 2.21. The predicted molar refractivity (Wildman–Crippen MR) is 80.5 cm³/mol. The second-order valence-electron chi connectivity index (χ2n) is 4.98. The van der Waals surface area contributed by atoms with E-state index in [-0.39, 0.29) is 17.5 Å². The molecule has 0 unspecified atom stereocenters. The van der Waals surface area contributed by atoms with Gasteiger partial charge in [0.15, 0.2) is 0 Å². The van der Waals surface area contributed by atoms with Gasteiger partial charge in [-0.2, -0.15) is 0 Å². The molecule has 122 valence electrons. The summed E-state index contributed by atoms with van der Waals surface area (Å²) < 4.78 is 36.8.